The minimum absolute atomic E-state index is 0.138. The van der Waals surface area contributed by atoms with Crippen LogP contribution >= 0.6 is 0 Å². The van der Waals surface area contributed by atoms with Gasteiger partial charge in [-0.25, -0.2) is 14.4 Å². The lowest BCUT2D eigenvalue weighted by Gasteiger charge is -2.11. The van der Waals surface area contributed by atoms with E-state index in [1.54, 1.807) is 12.1 Å². The molecule has 0 unspecified atom stereocenters. The van der Waals surface area contributed by atoms with Gasteiger partial charge in [0.1, 0.15) is 24.1 Å². The first kappa shape index (κ1) is 21.0. The molecule has 0 aliphatic carbocycles. The van der Waals surface area contributed by atoms with Crippen molar-refractivity contribution in [2.24, 2.45) is 0 Å². The fourth-order valence-electron chi connectivity index (χ4n) is 2.33. The van der Waals surface area contributed by atoms with Crippen molar-refractivity contribution in [2.75, 3.05) is 17.2 Å². The number of hydrogen-bond donors (Lipinski definition) is 2. The average molecular weight is 421 g/mol. The minimum atomic E-state index is -4.49. The summed E-state index contributed by atoms with van der Waals surface area (Å²) in [5.41, 5.74) is 0.619. The van der Waals surface area contributed by atoms with Crippen LogP contribution in [0, 0.1) is 0 Å². The maximum atomic E-state index is 12.7. The Morgan fingerprint density at radius 1 is 1.10 bits per heavy atom. The van der Waals surface area contributed by atoms with Gasteiger partial charge in [-0.1, -0.05) is 6.07 Å². The maximum Gasteiger partial charge on any atom is 0.422 e. The zero-order valence-electron chi connectivity index (χ0n) is 15.3. The number of carbonyl (C=O) groups excluding carboxylic acids is 1. The van der Waals surface area contributed by atoms with Gasteiger partial charge in [0.15, 0.2) is 6.61 Å². The number of halogens is 4. The fraction of sp³-hybridized carbons (Fsp3) is 0.158. The van der Waals surface area contributed by atoms with E-state index in [1.165, 1.54) is 36.7 Å². The van der Waals surface area contributed by atoms with Crippen LogP contribution in [0.5, 0.6) is 5.75 Å². The average Bonchev–Trinajstić information content (AvgIpc) is 2.72. The second-order valence-electron chi connectivity index (χ2n) is 5.97. The van der Waals surface area contributed by atoms with E-state index in [-0.39, 0.29) is 22.7 Å². The number of amides is 1. The summed E-state index contributed by atoms with van der Waals surface area (Å²) in [6, 6.07) is 8.89. The molecule has 0 aliphatic heterocycles. The number of alkyl halides is 4. The monoisotopic (exact) mass is 421 g/mol. The molecule has 0 aromatic carbocycles. The van der Waals surface area contributed by atoms with E-state index in [1.807, 2.05) is 0 Å². The first-order valence-electron chi connectivity index (χ1n) is 8.53. The molecule has 30 heavy (non-hydrogen) atoms. The number of carbonyl (C=O) groups is 1. The van der Waals surface area contributed by atoms with Crippen LogP contribution < -0.4 is 15.4 Å². The molecule has 1 amide bonds. The van der Waals surface area contributed by atoms with Crippen LogP contribution in [0.3, 0.4) is 0 Å². The van der Waals surface area contributed by atoms with Gasteiger partial charge in [-0.05, 0) is 24.3 Å². The normalized spacial score (nSPS) is 11.1. The number of anilines is 3. The Bertz CT molecular complexity index is 1030. The van der Waals surface area contributed by atoms with Crippen molar-refractivity contribution in [1.82, 2.24) is 15.0 Å². The quantitative estimate of drug-likeness (QED) is 0.554. The number of aromatic nitrogens is 3. The van der Waals surface area contributed by atoms with Crippen molar-refractivity contribution >= 4 is 23.2 Å². The molecule has 0 spiro atoms. The highest BCUT2D eigenvalue weighted by Gasteiger charge is 2.28. The summed E-state index contributed by atoms with van der Waals surface area (Å²) in [7, 11) is 0. The molecule has 3 rings (SSSR count). The first-order valence-corrected chi connectivity index (χ1v) is 8.53. The Balaban J connectivity index is 1.68. The van der Waals surface area contributed by atoms with Crippen LogP contribution in [-0.4, -0.2) is 33.6 Å². The number of nitrogens with zero attached hydrogens (tertiary/aromatic N) is 3. The second kappa shape index (κ2) is 9.16. The number of nitrogens with one attached hydrogen (secondary N) is 2. The zero-order chi connectivity index (χ0) is 21.6. The van der Waals surface area contributed by atoms with E-state index < -0.39 is 25.4 Å². The molecule has 0 saturated carbocycles. The molecular formula is C19H15F4N5O2. The topological polar surface area (TPSA) is 89.0 Å². The van der Waals surface area contributed by atoms with Gasteiger partial charge in [-0.2, -0.15) is 13.2 Å². The molecular weight excluding hydrogens is 406 g/mol. The molecule has 0 aliphatic rings. The van der Waals surface area contributed by atoms with Crippen LogP contribution in [0.25, 0.3) is 0 Å². The molecule has 2 N–H and O–H groups in total. The molecule has 3 aromatic heterocycles. The van der Waals surface area contributed by atoms with E-state index in [0.717, 1.165) is 6.20 Å². The van der Waals surface area contributed by atoms with E-state index in [2.05, 4.69) is 30.3 Å². The highest BCUT2D eigenvalue weighted by Crippen LogP contribution is 2.21. The van der Waals surface area contributed by atoms with Crippen molar-refractivity contribution in [3.63, 3.8) is 0 Å². The van der Waals surface area contributed by atoms with Gasteiger partial charge in [0.2, 0.25) is 0 Å². The lowest BCUT2D eigenvalue weighted by Crippen LogP contribution is -2.19. The van der Waals surface area contributed by atoms with Crippen molar-refractivity contribution < 1.29 is 27.1 Å². The Labute approximate surface area is 168 Å². The summed E-state index contributed by atoms with van der Waals surface area (Å²) in [6.07, 6.45) is -0.727. The third-order valence-electron chi connectivity index (χ3n) is 3.60. The smallest absolute Gasteiger partial charge is 0.422 e. The van der Waals surface area contributed by atoms with Crippen LogP contribution in [0.1, 0.15) is 16.1 Å². The molecule has 156 valence electrons. The summed E-state index contributed by atoms with van der Waals surface area (Å²) in [5, 5.41) is 5.39. The third-order valence-corrected chi connectivity index (χ3v) is 3.60. The van der Waals surface area contributed by atoms with Crippen molar-refractivity contribution in [1.29, 1.82) is 0 Å². The Morgan fingerprint density at radius 2 is 1.93 bits per heavy atom. The maximum absolute atomic E-state index is 12.7. The largest absolute Gasteiger partial charge is 0.482 e. The van der Waals surface area contributed by atoms with Crippen LogP contribution in [0.4, 0.5) is 34.9 Å². The highest BCUT2D eigenvalue weighted by atomic mass is 19.4. The van der Waals surface area contributed by atoms with Crippen molar-refractivity contribution in [3.8, 4) is 5.75 Å². The predicted octanol–water partition coefficient (Wildman–Crippen LogP) is 4.28. The number of rotatable bonds is 7. The fourth-order valence-corrected chi connectivity index (χ4v) is 2.33. The van der Waals surface area contributed by atoms with E-state index >= 15 is 0 Å². The van der Waals surface area contributed by atoms with Gasteiger partial charge >= 0.3 is 6.18 Å². The van der Waals surface area contributed by atoms with Crippen molar-refractivity contribution in [2.45, 2.75) is 12.9 Å². The second-order valence-corrected chi connectivity index (χ2v) is 5.97. The summed E-state index contributed by atoms with van der Waals surface area (Å²) >= 11 is 0. The summed E-state index contributed by atoms with van der Waals surface area (Å²) in [4.78, 5) is 24.3. The third kappa shape index (κ3) is 6.12. The van der Waals surface area contributed by atoms with Crippen LogP contribution in [-0.2, 0) is 6.67 Å². The molecule has 0 saturated heterocycles. The van der Waals surface area contributed by atoms with Gasteiger partial charge in [0.25, 0.3) is 5.91 Å². The minimum Gasteiger partial charge on any atom is -0.482 e. The summed E-state index contributed by atoms with van der Waals surface area (Å²) in [6.45, 7) is -2.19. The SMILES string of the molecule is O=C(Nc1cncc(OCC(F)(F)F)c1)c1ccnc(Nc2cccc(CF)n2)c1. The predicted molar refractivity (Wildman–Crippen MR) is 100 cm³/mol. The Kier molecular flexibility index (Phi) is 6.40. The lowest BCUT2D eigenvalue weighted by molar-refractivity contribution is -0.153. The first-order chi connectivity index (χ1) is 14.3. The zero-order valence-corrected chi connectivity index (χ0v) is 15.3. The number of hydrogen-bond acceptors (Lipinski definition) is 6. The molecule has 0 atom stereocenters. The number of pyridine rings is 3. The molecule has 0 fully saturated rings. The molecule has 11 heteroatoms. The Hall–Kier alpha value is -3.76. The molecule has 7 nitrogen and oxygen atoms in total. The lowest BCUT2D eigenvalue weighted by atomic mass is 10.2. The molecule has 3 heterocycles. The van der Waals surface area contributed by atoms with E-state index in [0.29, 0.717) is 11.6 Å². The summed E-state index contributed by atoms with van der Waals surface area (Å²) in [5.74, 6) is -0.0258. The molecule has 0 radical (unpaired) electrons. The Morgan fingerprint density at radius 3 is 2.70 bits per heavy atom. The van der Waals surface area contributed by atoms with E-state index in [9.17, 15) is 22.4 Å². The van der Waals surface area contributed by atoms with Crippen LogP contribution in [0.2, 0.25) is 0 Å². The van der Waals surface area contributed by atoms with Gasteiger partial charge in [-0.15, -0.1) is 0 Å². The molecule has 3 aromatic rings. The number of ether oxygens (including phenoxy) is 1. The van der Waals surface area contributed by atoms with Crippen LogP contribution in [0.15, 0.2) is 55.0 Å². The van der Waals surface area contributed by atoms with Crippen molar-refractivity contribution in [3.05, 3.63) is 66.2 Å². The van der Waals surface area contributed by atoms with Gasteiger partial charge in [0.05, 0.1) is 23.8 Å². The highest BCUT2D eigenvalue weighted by molar-refractivity contribution is 6.04. The van der Waals surface area contributed by atoms with Gasteiger partial charge < -0.3 is 15.4 Å². The molecule has 0 bridgehead atoms. The van der Waals surface area contributed by atoms with Gasteiger partial charge in [-0.3, -0.25) is 9.78 Å². The summed E-state index contributed by atoms with van der Waals surface area (Å²) < 4.78 is 54.1. The van der Waals surface area contributed by atoms with E-state index in [4.69, 9.17) is 0 Å². The van der Waals surface area contributed by atoms with Gasteiger partial charge in [0, 0.05) is 17.8 Å². The standard InChI is InChI=1S/C19H15F4N5O2/c20-8-13-2-1-3-16(26-13)28-17-6-12(4-5-25-17)18(29)27-14-7-15(10-24-9-14)30-11-19(21,22)23/h1-7,9-10H,8,11H2,(H,27,29)(H,25,26,28).